The molecule has 0 spiro atoms. The fourth-order valence-electron chi connectivity index (χ4n) is 13.5. The van der Waals surface area contributed by atoms with Crippen LogP contribution in [0.4, 0.5) is 0 Å². The summed E-state index contributed by atoms with van der Waals surface area (Å²) >= 11 is 0. The fraction of sp³-hybridized carbons (Fsp3) is 1.00. The highest BCUT2D eigenvalue weighted by molar-refractivity contribution is 6.80. The van der Waals surface area contributed by atoms with E-state index in [4.69, 9.17) is 0 Å². The summed E-state index contributed by atoms with van der Waals surface area (Å²) in [5.74, 6) is 12.7. The molecule has 0 nitrogen and oxygen atoms in total. The molecule has 0 heterocycles. The Hall–Kier alpha value is 0.217. The van der Waals surface area contributed by atoms with Crippen LogP contribution in [0.3, 0.4) is 0 Å². The van der Waals surface area contributed by atoms with E-state index < -0.39 is 8.07 Å². The van der Waals surface area contributed by atoms with Crippen LogP contribution in [0.15, 0.2) is 0 Å². The normalized spacial score (nSPS) is 51.2. The van der Waals surface area contributed by atoms with Crippen LogP contribution in [-0.4, -0.2) is 8.07 Å². The van der Waals surface area contributed by atoms with Gasteiger partial charge in [0.05, 0.1) is 8.07 Å². The van der Waals surface area contributed by atoms with Crippen LogP contribution in [0.2, 0.25) is 24.2 Å². The molecule has 5 fully saturated rings. The summed E-state index contributed by atoms with van der Waals surface area (Å²) in [5, 5.41) is 0. The van der Waals surface area contributed by atoms with E-state index in [1.165, 1.54) is 12.8 Å². The average Bonchev–Trinajstić information content (AvgIpc) is 3.47. The minimum absolute atomic E-state index is 0.452. The van der Waals surface area contributed by atoms with E-state index in [1.807, 2.05) is 0 Å². The molecule has 5 saturated carbocycles. The molecule has 0 radical (unpaired) electrons. The van der Waals surface area contributed by atoms with E-state index in [2.05, 4.69) is 89.3 Å². The molecule has 0 aromatic rings. The van der Waals surface area contributed by atoms with E-state index in [-0.39, 0.29) is 0 Å². The molecule has 1 heteroatoms. The Bertz CT molecular complexity index is 821. The van der Waals surface area contributed by atoms with Crippen LogP contribution in [-0.2, 0) is 0 Å². The van der Waals surface area contributed by atoms with Crippen molar-refractivity contribution in [1.29, 1.82) is 0 Å². The van der Waals surface area contributed by atoms with Crippen LogP contribution in [0.5, 0.6) is 0 Å². The molecule has 0 aliphatic heterocycles. The standard InChI is InChI=1S/C38H70Si/c1-22-17-32-33(35(22)39(12,13)36-25(4)23(2)24(3)26(36)5)20-27-15-14-16-31(27)34(32)28-18-29(37(6,7)8)21-30(19-28)38(9,10)11/h22-36H,14-21H2,1-13H3. The smallest absolute Gasteiger partial charge is 0.0546 e. The molecule has 5 aliphatic rings. The zero-order valence-corrected chi connectivity index (χ0v) is 29.8. The lowest BCUT2D eigenvalue weighted by atomic mass is 9.52. The number of rotatable bonds is 3. The second-order valence-corrected chi connectivity index (χ2v) is 24.6. The monoisotopic (exact) mass is 555 g/mol. The van der Waals surface area contributed by atoms with Gasteiger partial charge in [-0.15, -0.1) is 0 Å². The molecule has 0 aromatic carbocycles. The fourth-order valence-corrected chi connectivity index (χ4v) is 20.3. The molecule has 0 aromatic heterocycles. The van der Waals surface area contributed by atoms with Crippen LogP contribution >= 0.6 is 0 Å². The first kappa shape index (κ1) is 30.7. The van der Waals surface area contributed by atoms with Gasteiger partial charge in [0.25, 0.3) is 0 Å². The maximum Gasteiger partial charge on any atom is 0.0546 e. The average molecular weight is 555 g/mol. The Labute approximate surface area is 247 Å². The number of hydrogen-bond acceptors (Lipinski definition) is 0. The summed E-state index contributed by atoms with van der Waals surface area (Å²) in [6.07, 6.45) is 12.4. The van der Waals surface area contributed by atoms with E-state index >= 15 is 0 Å². The molecule has 0 N–H and O–H groups in total. The van der Waals surface area contributed by atoms with E-state index in [9.17, 15) is 0 Å². The largest absolute Gasteiger partial charge is 0.0689 e. The van der Waals surface area contributed by atoms with Gasteiger partial charge in [-0.3, -0.25) is 0 Å². The molecule has 39 heavy (non-hydrogen) atoms. The van der Waals surface area contributed by atoms with Crippen molar-refractivity contribution in [2.24, 2.45) is 87.8 Å². The Kier molecular flexibility index (Phi) is 8.21. The van der Waals surface area contributed by atoms with Crippen molar-refractivity contribution in [2.45, 2.75) is 152 Å². The van der Waals surface area contributed by atoms with Gasteiger partial charge in [-0.1, -0.05) is 102 Å². The molecule has 13 unspecified atom stereocenters. The highest BCUT2D eigenvalue weighted by Crippen LogP contribution is 2.69. The van der Waals surface area contributed by atoms with Gasteiger partial charge in [-0.25, -0.2) is 0 Å². The topological polar surface area (TPSA) is 0 Å². The first-order valence-electron chi connectivity index (χ1n) is 17.9. The van der Waals surface area contributed by atoms with E-state index in [0.29, 0.717) is 10.8 Å². The third kappa shape index (κ3) is 5.20. The maximum atomic E-state index is 2.90. The van der Waals surface area contributed by atoms with Gasteiger partial charge in [0.15, 0.2) is 0 Å². The zero-order valence-electron chi connectivity index (χ0n) is 28.8. The Morgan fingerprint density at radius 3 is 1.56 bits per heavy atom. The third-order valence-corrected chi connectivity index (χ3v) is 21.1. The minimum atomic E-state index is -1.43. The molecule has 0 bridgehead atoms. The maximum absolute atomic E-state index is 2.90. The molecular weight excluding hydrogens is 485 g/mol. The lowest BCUT2D eigenvalue weighted by molar-refractivity contribution is -0.0360. The Morgan fingerprint density at radius 2 is 1.05 bits per heavy atom. The summed E-state index contributed by atoms with van der Waals surface area (Å²) in [6, 6.07) is 0. The lowest BCUT2D eigenvalue weighted by Crippen LogP contribution is -2.49. The van der Waals surface area contributed by atoms with Crippen molar-refractivity contribution < 1.29 is 0 Å². The minimum Gasteiger partial charge on any atom is -0.0689 e. The van der Waals surface area contributed by atoms with Gasteiger partial charge >= 0.3 is 0 Å². The zero-order chi connectivity index (χ0) is 28.8. The highest BCUT2D eigenvalue weighted by atomic mass is 28.3. The van der Waals surface area contributed by atoms with Crippen molar-refractivity contribution in [3.63, 3.8) is 0 Å². The van der Waals surface area contributed by atoms with Gasteiger partial charge in [0, 0.05) is 0 Å². The van der Waals surface area contributed by atoms with Gasteiger partial charge in [0.2, 0.25) is 0 Å². The quantitative estimate of drug-likeness (QED) is 0.304. The third-order valence-electron chi connectivity index (χ3n) is 15.6. The molecule has 226 valence electrons. The van der Waals surface area contributed by atoms with Gasteiger partial charge in [-0.05, 0) is 137 Å². The summed E-state index contributed by atoms with van der Waals surface area (Å²) in [4.78, 5) is 0. The number of hydrogen-bond donors (Lipinski definition) is 0. The van der Waals surface area contributed by atoms with E-state index in [0.717, 1.165) is 88.0 Å². The number of fused-ring (bicyclic) bond motifs is 2. The first-order chi connectivity index (χ1) is 17.9. The molecule has 0 saturated heterocycles. The second kappa shape index (κ2) is 10.4. The molecular formula is C38H70Si. The van der Waals surface area contributed by atoms with Crippen molar-refractivity contribution in [1.82, 2.24) is 0 Å². The van der Waals surface area contributed by atoms with Crippen molar-refractivity contribution >= 4 is 8.07 Å². The van der Waals surface area contributed by atoms with Gasteiger partial charge in [0.1, 0.15) is 0 Å². The van der Waals surface area contributed by atoms with Crippen LogP contribution in [0, 0.1) is 87.8 Å². The van der Waals surface area contributed by atoms with Gasteiger partial charge in [-0.2, -0.15) is 0 Å². The summed E-state index contributed by atoms with van der Waals surface area (Å²) < 4.78 is 0. The summed E-state index contributed by atoms with van der Waals surface area (Å²) in [5.41, 5.74) is 3.00. The molecule has 0 amide bonds. The first-order valence-corrected chi connectivity index (χ1v) is 21.1. The van der Waals surface area contributed by atoms with E-state index in [1.54, 1.807) is 38.5 Å². The summed E-state index contributed by atoms with van der Waals surface area (Å²) in [7, 11) is -1.43. The highest BCUT2D eigenvalue weighted by Gasteiger charge is 2.62. The van der Waals surface area contributed by atoms with Crippen molar-refractivity contribution in [3.8, 4) is 0 Å². The predicted octanol–water partition coefficient (Wildman–Crippen LogP) is 11.8. The van der Waals surface area contributed by atoms with Crippen molar-refractivity contribution in [2.75, 3.05) is 0 Å². The Balaban J connectivity index is 1.49. The molecule has 5 rings (SSSR count). The van der Waals surface area contributed by atoms with Gasteiger partial charge < -0.3 is 0 Å². The lowest BCUT2D eigenvalue weighted by Gasteiger charge is -2.54. The molecule has 13 atom stereocenters. The van der Waals surface area contributed by atoms with Crippen LogP contribution in [0.1, 0.15) is 128 Å². The molecule has 5 aliphatic carbocycles. The van der Waals surface area contributed by atoms with Crippen molar-refractivity contribution in [3.05, 3.63) is 0 Å². The predicted molar refractivity (Wildman–Crippen MR) is 175 cm³/mol. The SMILES string of the molecule is CC1CC2C(CC3CCCC3C2C2CC(C(C)(C)C)CC(C(C)(C)C)C2)C1[Si](C)(C)C1C(C)C(C)C(C)C1C. The second-order valence-electron chi connectivity index (χ2n) is 19.6. The summed E-state index contributed by atoms with van der Waals surface area (Å²) in [6.45, 7) is 34.5. The van der Waals surface area contributed by atoms with Crippen LogP contribution < -0.4 is 0 Å². The Morgan fingerprint density at radius 1 is 0.513 bits per heavy atom. The van der Waals surface area contributed by atoms with Crippen LogP contribution in [0.25, 0.3) is 0 Å².